The molecule has 0 aliphatic carbocycles. The fourth-order valence-electron chi connectivity index (χ4n) is 2.19. The van der Waals surface area contributed by atoms with E-state index >= 15 is 0 Å². The van der Waals surface area contributed by atoms with Crippen LogP contribution in [-0.2, 0) is 4.79 Å². The number of rotatable bonds is 2. The highest BCUT2D eigenvalue weighted by molar-refractivity contribution is 6.33. The van der Waals surface area contributed by atoms with Crippen LogP contribution in [0.5, 0.6) is 0 Å². The van der Waals surface area contributed by atoms with E-state index in [1.807, 2.05) is 0 Å². The molecule has 2 aromatic rings. The number of carbonyl (C=O) groups excluding carboxylic acids is 1. The highest BCUT2D eigenvalue weighted by Crippen LogP contribution is 2.26. The third-order valence-electron chi connectivity index (χ3n) is 3.30. The Morgan fingerprint density at radius 2 is 1.91 bits per heavy atom. The summed E-state index contributed by atoms with van der Waals surface area (Å²) in [6, 6.07) is 12.9. The smallest absolute Gasteiger partial charge is 0.267 e. The zero-order chi connectivity index (χ0) is 15.7. The minimum atomic E-state index is -0.314. The Bertz CT molecular complexity index is 797. The average Bonchev–Trinajstić information content (AvgIpc) is 2.77. The summed E-state index contributed by atoms with van der Waals surface area (Å²) in [5, 5.41) is 6.13. The summed E-state index contributed by atoms with van der Waals surface area (Å²) >= 11 is 5.95. The van der Waals surface area contributed by atoms with E-state index in [-0.39, 0.29) is 11.7 Å². The Morgan fingerprint density at radius 3 is 2.59 bits per heavy atom. The Balaban J connectivity index is 1.94. The van der Waals surface area contributed by atoms with E-state index in [2.05, 4.69) is 5.10 Å². The minimum absolute atomic E-state index is 0.232. The predicted molar refractivity (Wildman–Crippen MR) is 86.4 cm³/mol. The van der Waals surface area contributed by atoms with Crippen molar-refractivity contribution in [2.24, 2.45) is 5.10 Å². The van der Waals surface area contributed by atoms with Crippen molar-refractivity contribution in [1.29, 1.82) is 0 Å². The summed E-state index contributed by atoms with van der Waals surface area (Å²) in [6.07, 6.45) is 1.70. The lowest BCUT2D eigenvalue weighted by atomic mass is 10.1. The lowest BCUT2D eigenvalue weighted by Crippen LogP contribution is -2.21. The normalized spacial score (nSPS) is 16.3. The first-order valence-corrected chi connectivity index (χ1v) is 7.05. The number of amides is 1. The van der Waals surface area contributed by atoms with E-state index in [1.165, 1.54) is 17.1 Å². The van der Waals surface area contributed by atoms with Crippen LogP contribution in [0.15, 0.2) is 59.2 Å². The van der Waals surface area contributed by atoms with Crippen molar-refractivity contribution in [2.75, 3.05) is 5.01 Å². The maximum absolute atomic E-state index is 12.9. The predicted octanol–water partition coefficient (Wildman–Crippen LogP) is 4.29. The second-order valence-electron chi connectivity index (χ2n) is 4.89. The van der Waals surface area contributed by atoms with E-state index in [9.17, 15) is 9.18 Å². The molecule has 1 aliphatic heterocycles. The van der Waals surface area contributed by atoms with Crippen LogP contribution >= 0.6 is 11.6 Å². The van der Waals surface area contributed by atoms with Crippen LogP contribution in [0.2, 0.25) is 5.02 Å². The van der Waals surface area contributed by atoms with Crippen LogP contribution in [0.3, 0.4) is 0 Å². The highest BCUT2D eigenvalue weighted by atomic mass is 35.5. The van der Waals surface area contributed by atoms with Gasteiger partial charge < -0.3 is 0 Å². The molecule has 1 heterocycles. The van der Waals surface area contributed by atoms with Gasteiger partial charge in [-0.2, -0.15) is 10.1 Å². The second kappa shape index (κ2) is 5.73. The molecule has 1 aliphatic rings. The van der Waals surface area contributed by atoms with Gasteiger partial charge in [0.15, 0.2) is 0 Å². The van der Waals surface area contributed by atoms with Crippen LogP contribution in [0.4, 0.5) is 10.1 Å². The molecule has 0 bridgehead atoms. The number of anilines is 1. The molecule has 0 spiro atoms. The number of carbonyl (C=O) groups is 1. The van der Waals surface area contributed by atoms with Crippen LogP contribution in [0.25, 0.3) is 6.08 Å². The number of hydrogen-bond acceptors (Lipinski definition) is 2. The zero-order valence-electron chi connectivity index (χ0n) is 11.8. The molecular weight excluding hydrogens is 303 g/mol. The molecule has 2 aromatic carbocycles. The van der Waals surface area contributed by atoms with Gasteiger partial charge in [0.05, 0.1) is 17.0 Å². The standard InChI is InChI=1S/C17H12ClFN2O/c1-11-16(9-12-5-7-14(19)8-6-12)17(22)21(20-11)15-4-2-3-13(18)10-15/h2-10H,1H3/b16-9-. The Labute approximate surface area is 132 Å². The molecule has 0 radical (unpaired) electrons. The van der Waals surface area contributed by atoms with Crippen molar-refractivity contribution in [3.05, 3.63) is 70.5 Å². The van der Waals surface area contributed by atoms with Crippen LogP contribution in [0.1, 0.15) is 12.5 Å². The van der Waals surface area contributed by atoms with Gasteiger partial charge in [-0.1, -0.05) is 29.8 Å². The van der Waals surface area contributed by atoms with Gasteiger partial charge in [0.1, 0.15) is 5.82 Å². The van der Waals surface area contributed by atoms with Crippen molar-refractivity contribution in [3.8, 4) is 0 Å². The molecule has 22 heavy (non-hydrogen) atoms. The highest BCUT2D eigenvalue weighted by Gasteiger charge is 2.28. The first-order valence-electron chi connectivity index (χ1n) is 6.67. The van der Waals surface area contributed by atoms with Crippen LogP contribution in [-0.4, -0.2) is 11.6 Å². The molecule has 0 saturated heterocycles. The lowest BCUT2D eigenvalue weighted by molar-refractivity contribution is -0.114. The maximum Gasteiger partial charge on any atom is 0.280 e. The van der Waals surface area contributed by atoms with Crippen LogP contribution < -0.4 is 5.01 Å². The monoisotopic (exact) mass is 314 g/mol. The molecule has 3 nitrogen and oxygen atoms in total. The Morgan fingerprint density at radius 1 is 1.18 bits per heavy atom. The second-order valence-corrected chi connectivity index (χ2v) is 5.33. The van der Waals surface area contributed by atoms with Crippen molar-refractivity contribution < 1.29 is 9.18 Å². The van der Waals surface area contributed by atoms with Gasteiger partial charge >= 0.3 is 0 Å². The number of nitrogens with zero attached hydrogens (tertiary/aromatic N) is 2. The molecule has 3 rings (SSSR count). The molecule has 0 atom stereocenters. The van der Waals surface area contributed by atoms with Gasteiger partial charge in [0.2, 0.25) is 0 Å². The first-order chi connectivity index (χ1) is 10.5. The fraction of sp³-hybridized carbons (Fsp3) is 0.0588. The molecule has 110 valence electrons. The molecule has 0 aromatic heterocycles. The van der Waals surface area contributed by atoms with Gasteiger partial charge in [-0.05, 0) is 48.9 Å². The summed E-state index contributed by atoms with van der Waals surface area (Å²) in [5.41, 5.74) is 2.44. The number of halogens is 2. The van der Waals surface area contributed by atoms with E-state index in [4.69, 9.17) is 11.6 Å². The van der Waals surface area contributed by atoms with Gasteiger partial charge in [-0.15, -0.1) is 0 Å². The molecule has 1 amide bonds. The topological polar surface area (TPSA) is 32.7 Å². The van der Waals surface area contributed by atoms with Gasteiger partial charge in [-0.25, -0.2) is 4.39 Å². The van der Waals surface area contributed by atoms with Crippen molar-refractivity contribution in [2.45, 2.75) is 6.92 Å². The molecule has 0 saturated carbocycles. The summed E-state index contributed by atoms with van der Waals surface area (Å²) in [5.74, 6) is -0.546. The molecule has 0 N–H and O–H groups in total. The van der Waals surface area contributed by atoms with E-state index < -0.39 is 0 Å². The van der Waals surface area contributed by atoms with Gasteiger partial charge in [0, 0.05) is 5.02 Å². The third kappa shape index (κ3) is 2.78. The molecule has 5 heteroatoms. The van der Waals surface area contributed by atoms with Crippen molar-refractivity contribution in [1.82, 2.24) is 0 Å². The average molecular weight is 315 g/mol. The number of hydrogen-bond donors (Lipinski definition) is 0. The summed E-state index contributed by atoms with van der Waals surface area (Å²) in [4.78, 5) is 12.5. The summed E-state index contributed by atoms with van der Waals surface area (Å²) in [7, 11) is 0. The molecule has 0 fully saturated rings. The zero-order valence-corrected chi connectivity index (χ0v) is 12.5. The fourth-order valence-corrected chi connectivity index (χ4v) is 2.38. The quantitative estimate of drug-likeness (QED) is 0.761. The Hall–Kier alpha value is -2.46. The lowest BCUT2D eigenvalue weighted by Gasteiger charge is -2.11. The van der Waals surface area contributed by atoms with Crippen LogP contribution in [0, 0.1) is 5.82 Å². The third-order valence-corrected chi connectivity index (χ3v) is 3.53. The van der Waals surface area contributed by atoms with Gasteiger partial charge in [0.25, 0.3) is 5.91 Å². The van der Waals surface area contributed by atoms with Crippen molar-refractivity contribution in [3.63, 3.8) is 0 Å². The molecular formula is C17H12ClFN2O. The minimum Gasteiger partial charge on any atom is -0.267 e. The van der Waals surface area contributed by atoms with E-state index in [0.717, 1.165) is 5.56 Å². The number of hydrazone groups is 1. The van der Waals surface area contributed by atoms with Crippen molar-refractivity contribution >= 4 is 35.0 Å². The van der Waals surface area contributed by atoms with E-state index in [1.54, 1.807) is 49.4 Å². The number of benzene rings is 2. The van der Waals surface area contributed by atoms with Gasteiger partial charge in [-0.3, -0.25) is 4.79 Å². The largest absolute Gasteiger partial charge is 0.280 e. The maximum atomic E-state index is 12.9. The van der Waals surface area contributed by atoms with E-state index in [0.29, 0.717) is 22.0 Å². The SMILES string of the molecule is CC1=NN(c2cccc(Cl)c2)C(=O)/C1=C\c1ccc(F)cc1. The Kier molecular flexibility index (Phi) is 3.77. The summed E-state index contributed by atoms with van der Waals surface area (Å²) < 4.78 is 12.9. The summed E-state index contributed by atoms with van der Waals surface area (Å²) in [6.45, 7) is 1.76. The molecule has 0 unspecified atom stereocenters. The first kappa shape index (κ1) is 14.5.